The molecule has 2 aromatic rings. The molecule has 2 amide bonds. The standard InChI is InChI=1S/C23H27N3O5S/c1-12-10-26(17-15(27)11-31-18(12)17)21(29)19(23(2)7-3-4-8-23)25-20(28)13-5-6-14-16(9-13)32-22(30)24-14/h5-6,9,12,17-19H,3-4,7-8,10-11H2,1-2H3,(H,24,30)(H,25,28)/t12-,17+,18+,19+/m0/s1. The van der Waals surface area contributed by atoms with Gasteiger partial charge in [0.2, 0.25) is 5.91 Å². The third-order valence-electron chi connectivity index (χ3n) is 7.37. The molecule has 1 aliphatic carbocycles. The molecule has 1 aromatic carbocycles. The molecule has 2 saturated heterocycles. The minimum absolute atomic E-state index is 0.0390. The van der Waals surface area contributed by atoms with Crippen molar-refractivity contribution in [2.24, 2.45) is 11.3 Å². The zero-order chi connectivity index (χ0) is 22.6. The smallest absolute Gasteiger partial charge is 0.305 e. The molecule has 0 spiro atoms. The summed E-state index contributed by atoms with van der Waals surface area (Å²) in [6, 6.07) is 3.75. The lowest BCUT2D eigenvalue weighted by Gasteiger charge is -2.37. The van der Waals surface area contributed by atoms with Gasteiger partial charge in [-0.1, -0.05) is 38.0 Å². The molecule has 4 atom stereocenters. The van der Waals surface area contributed by atoms with Crippen molar-refractivity contribution >= 4 is 39.2 Å². The highest BCUT2D eigenvalue weighted by Gasteiger charge is 2.54. The van der Waals surface area contributed by atoms with Crippen molar-refractivity contribution < 1.29 is 19.1 Å². The number of aromatic nitrogens is 1. The van der Waals surface area contributed by atoms with E-state index in [0.29, 0.717) is 22.3 Å². The van der Waals surface area contributed by atoms with Crippen LogP contribution in [-0.2, 0) is 14.3 Å². The van der Waals surface area contributed by atoms with Gasteiger partial charge in [-0.3, -0.25) is 19.2 Å². The van der Waals surface area contributed by atoms with Gasteiger partial charge in [0.1, 0.15) is 18.7 Å². The van der Waals surface area contributed by atoms with E-state index in [1.54, 1.807) is 23.1 Å². The van der Waals surface area contributed by atoms with Crippen LogP contribution in [0.4, 0.5) is 0 Å². The summed E-state index contributed by atoms with van der Waals surface area (Å²) < 4.78 is 6.34. The quantitative estimate of drug-likeness (QED) is 0.731. The molecule has 1 saturated carbocycles. The molecular weight excluding hydrogens is 430 g/mol. The number of carbonyl (C=O) groups excluding carboxylic acids is 3. The normalized spacial score (nSPS) is 27.6. The molecule has 2 aliphatic heterocycles. The number of rotatable bonds is 4. The van der Waals surface area contributed by atoms with Crippen molar-refractivity contribution in [3.05, 3.63) is 33.4 Å². The van der Waals surface area contributed by atoms with Crippen molar-refractivity contribution in [1.82, 2.24) is 15.2 Å². The van der Waals surface area contributed by atoms with Crippen molar-refractivity contribution in [1.29, 1.82) is 0 Å². The summed E-state index contributed by atoms with van der Waals surface area (Å²) >= 11 is 1.05. The van der Waals surface area contributed by atoms with Crippen LogP contribution >= 0.6 is 11.3 Å². The molecule has 3 heterocycles. The molecule has 9 heteroatoms. The van der Waals surface area contributed by atoms with Gasteiger partial charge in [0, 0.05) is 18.0 Å². The Morgan fingerprint density at radius 2 is 2.03 bits per heavy atom. The predicted octanol–water partition coefficient (Wildman–Crippen LogP) is 2.08. The summed E-state index contributed by atoms with van der Waals surface area (Å²) in [6.45, 7) is 4.53. The monoisotopic (exact) mass is 457 g/mol. The molecule has 2 N–H and O–H groups in total. The molecule has 3 aliphatic rings. The van der Waals surface area contributed by atoms with Crippen LogP contribution < -0.4 is 10.2 Å². The molecule has 0 bridgehead atoms. The number of nitrogens with zero attached hydrogens (tertiary/aromatic N) is 1. The maximum atomic E-state index is 13.8. The summed E-state index contributed by atoms with van der Waals surface area (Å²) in [4.78, 5) is 55.3. The van der Waals surface area contributed by atoms with Crippen LogP contribution in [0.1, 0.15) is 49.9 Å². The van der Waals surface area contributed by atoms with Gasteiger partial charge in [-0.2, -0.15) is 0 Å². The highest BCUT2D eigenvalue weighted by Crippen LogP contribution is 2.42. The first-order valence-electron chi connectivity index (χ1n) is 11.2. The van der Waals surface area contributed by atoms with E-state index in [2.05, 4.69) is 10.3 Å². The van der Waals surface area contributed by atoms with Gasteiger partial charge < -0.3 is 19.9 Å². The van der Waals surface area contributed by atoms with Gasteiger partial charge in [0.05, 0.1) is 16.3 Å². The van der Waals surface area contributed by atoms with Crippen LogP contribution in [0.15, 0.2) is 23.0 Å². The first-order chi connectivity index (χ1) is 15.3. The van der Waals surface area contributed by atoms with E-state index in [1.807, 2.05) is 13.8 Å². The number of hydrogen-bond donors (Lipinski definition) is 2. The van der Waals surface area contributed by atoms with E-state index in [0.717, 1.165) is 37.0 Å². The number of hydrogen-bond acceptors (Lipinski definition) is 6. The van der Waals surface area contributed by atoms with E-state index in [-0.39, 0.29) is 46.5 Å². The van der Waals surface area contributed by atoms with Crippen LogP contribution in [0, 0.1) is 11.3 Å². The largest absolute Gasteiger partial charge is 0.367 e. The Kier molecular flexibility index (Phi) is 5.21. The van der Waals surface area contributed by atoms with Crippen molar-refractivity contribution in [2.75, 3.05) is 13.2 Å². The van der Waals surface area contributed by atoms with Gasteiger partial charge in [-0.05, 0) is 36.5 Å². The molecule has 8 nitrogen and oxygen atoms in total. The molecule has 1 aromatic heterocycles. The number of Topliss-reactive ketones (excluding diaryl/α,β-unsaturated/α-hetero) is 1. The number of ketones is 1. The van der Waals surface area contributed by atoms with Gasteiger partial charge in [-0.15, -0.1) is 0 Å². The maximum Gasteiger partial charge on any atom is 0.305 e. The Bertz CT molecular complexity index is 1150. The molecule has 32 heavy (non-hydrogen) atoms. The van der Waals surface area contributed by atoms with Gasteiger partial charge in [0.25, 0.3) is 5.91 Å². The fourth-order valence-electron chi connectivity index (χ4n) is 5.59. The summed E-state index contributed by atoms with van der Waals surface area (Å²) in [6.07, 6.45) is 3.42. The van der Waals surface area contributed by atoms with Crippen molar-refractivity contribution in [2.45, 2.75) is 57.7 Å². The number of benzene rings is 1. The Morgan fingerprint density at radius 3 is 2.78 bits per heavy atom. The number of aromatic amines is 1. The topological polar surface area (TPSA) is 109 Å². The molecule has 170 valence electrons. The first-order valence-corrected chi connectivity index (χ1v) is 12.0. The number of carbonyl (C=O) groups is 3. The second kappa shape index (κ2) is 7.81. The third-order valence-corrected chi connectivity index (χ3v) is 8.22. The maximum absolute atomic E-state index is 13.8. The van der Waals surface area contributed by atoms with Gasteiger partial charge >= 0.3 is 4.87 Å². The fraction of sp³-hybridized carbons (Fsp3) is 0.565. The lowest BCUT2D eigenvalue weighted by atomic mass is 9.79. The summed E-state index contributed by atoms with van der Waals surface area (Å²) in [5.74, 6) is -0.547. The van der Waals surface area contributed by atoms with Crippen LogP contribution in [0.3, 0.4) is 0 Å². The predicted molar refractivity (Wildman–Crippen MR) is 120 cm³/mol. The molecule has 0 unspecified atom stereocenters. The van der Waals surface area contributed by atoms with E-state index >= 15 is 0 Å². The summed E-state index contributed by atoms with van der Waals surface area (Å²) in [7, 11) is 0. The van der Waals surface area contributed by atoms with Crippen molar-refractivity contribution in [3.8, 4) is 0 Å². The van der Waals surface area contributed by atoms with E-state index in [9.17, 15) is 19.2 Å². The Labute approximate surface area is 189 Å². The van der Waals surface area contributed by atoms with Gasteiger partial charge in [0.15, 0.2) is 5.78 Å². The molecule has 5 rings (SSSR count). The zero-order valence-corrected chi connectivity index (χ0v) is 19.0. The fourth-order valence-corrected chi connectivity index (χ4v) is 6.37. The second-order valence-electron chi connectivity index (χ2n) is 9.65. The Balaban J connectivity index is 1.44. The number of ether oxygens (including phenoxy) is 1. The average molecular weight is 458 g/mol. The van der Waals surface area contributed by atoms with Crippen LogP contribution in [0.5, 0.6) is 0 Å². The molecule has 0 radical (unpaired) electrons. The number of likely N-dealkylation sites (tertiary alicyclic amines) is 1. The van der Waals surface area contributed by atoms with Gasteiger partial charge in [-0.25, -0.2) is 0 Å². The average Bonchev–Trinajstić information content (AvgIpc) is 3.51. The SMILES string of the molecule is C[C@H]1CN(C(=O)[C@@H](NC(=O)c2ccc3[nH]c(=O)sc3c2)C2(C)CCCC2)[C@@H]2C(=O)CO[C@@H]21. The first kappa shape index (κ1) is 21.3. The van der Waals surface area contributed by atoms with Crippen molar-refractivity contribution in [3.63, 3.8) is 0 Å². The van der Waals surface area contributed by atoms with E-state index in [1.165, 1.54) is 0 Å². The highest BCUT2D eigenvalue weighted by molar-refractivity contribution is 7.16. The van der Waals surface area contributed by atoms with Crippen LogP contribution in [0.25, 0.3) is 10.2 Å². The molecular formula is C23H27N3O5S. The Hall–Kier alpha value is -2.52. The van der Waals surface area contributed by atoms with Crippen LogP contribution in [-0.4, -0.2) is 58.8 Å². The number of thiazole rings is 1. The zero-order valence-electron chi connectivity index (χ0n) is 18.2. The number of H-pyrrole nitrogens is 1. The Morgan fingerprint density at radius 1 is 1.28 bits per heavy atom. The second-order valence-corrected chi connectivity index (χ2v) is 10.7. The highest BCUT2D eigenvalue weighted by atomic mass is 32.1. The number of amides is 2. The summed E-state index contributed by atoms with van der Waals surface area (Å²) in [5, 5.41) is 3.01. The number of fused-ring (bicyclic) bond motifs is 2. The lowest BCUT2D eigenvalue weighted by molar-refractivity contribution is -0.140. The number of nitrogens with one attached hydrogen (secondary N) is 2. The van der Waals surface area contributed by atoms with Crippen LogP contribution in [0.2, 0.25) is 0 Å². The van der Waals surface area contributed by atoms with E-state index in [4.69, 9.17) is 4.74 Å². The summed E-state index contributed by atoms with van der Waals surface area (Å²) in [5.41, 5.74) is 0.711. The molecule has 3 fully saturated rings. The minimum atomic E-state index is -0.725. The third kappa shape index (κ3) is 3.47. The van der Waals surface area contributed by atoms with E-state index < -0.39 is 12.1 Å². The minimum Gasteiger partial charge on any atom is -0.367 e. The lowest BCUT2D eigenvalue weighted by Crippen LogP contribution is -2.57.